The van der Waals surface area contributed by atoms with Crippen LogP contribution < -0.4 is 4.74 Å². The highest BCUT2D eigenvalue weighted by atomic mass is 16.5. The number of fused-ring (bicyclic) bond motifs is 3. The number of phenols is 1. The van der Waals surface area contributed by atoms with E-state index >= 15 is 0 Å². The molecule has 0 bridgehead atoms. The SMILES string of the molecule is COc1cc(C=O)cc2c1[nH]c1ccc(O)cc12. The Bertz CT molecular complexity index is 758. The third kappa shape index (κ3) is 1.43. The first-order valence-electron chi connectivity index (χ1n) is 5.50. The molecule has 0 unspecified atom stereocenters. The van der Waals surface area contributed by atoms with Gasteiger partial charge in [-0.25, -0.2) is 0 Å². The Morgan fingerprint density at radius 1 is 1.22 bits per heavy atom. The van der Waals surface area contributed by atoms with Gasteiger partial charge in [0.1, 0.15) is 17.8 Å². The average Bonchev–Trinajstić information content (AvgIpc) is 2.75. The van der Waals surface area contributed by atoms with Crippen molar-refractivity contribution < 1.29 is 14.6 Å². The second-order valence-corrected chi connectivity index (χ2v) is 4.12. The molecular formula is C14H11NO3. The van der Waals surface area contributed by atoms with Gasteiger partial charge in [-0.15, -0.1) is 0 Å². The molecule has 0 spiro atoms. The molecule has 2 aromatic carbocycles. The van der Waals surface area contributed by atoms with Crippen molar-refractivity contribution in [1.82, 2.24) is 4.98 Å². The molecule has 4 nitrogen and oxygen atoms in total. The predicted molar refractivity (Wildman–Crippen MR) is 69.4 cm³/mol. The summed E-state index contributed by atoms with van der Waals surface area (Å²) in [4.78, 5) is 14.2. The Kier molecular flexibility index (Phi) is 2.23. The van der Waals surface area contributed by atoms with Crippen LogP contribution in [-0.2, 0) is 0 Å². The van der Waals surface area contributed by atoms with Crippen LogP contribution in [0, 0.1) is 0 Å². The zero-order valence-corrected chi connectivity index (χ0v) is 9.73. The van der Waals surface area contributed by atoms with Crippen molar-refractivity contribution in [3.63, 3.8) is 0 Å². The lowest BCUT2D eigenvalue weighted by Crippen LogP contribution is -1.87. The van der Waals surface area contributed by atoms with Crippen molar-refractivity contribution in [2.24, 2.45) is 0 Å². The largest absolute Gasteiger partial charge is 0.508 e. The number of aldehydes is 1. The fourth-order valence-electron chi connectivity index (χ4n) is 2.21. The minimum absolute atomic E-state index is 0.193. The van der Waals surface area contributed by atoms with Gasteiger partial charge < -0.3 is 14.8 Å². The molecule has 2 N–H and O–H groups in total. The summed E-state index contributed by atoms with van der Waals surface area (Å²) in [6.45, 7) is 0. The van der Waals surface area contributed by atoms with Gasteiger partial charge in [0.25, 0.3) is 0 Å². The lowest BCUT2D eigenvalue weighted by atomic mass is 10.1. The third-order valence-corrected chi connectivity index (χ3v) is 3.03. The fourth-order valence-corrected chi connectivity index (χ4v) is 2.21. The van der Waals surface area contributed by atoms with Crippen molar-refractivity contribution in [2.75, 3.05) is 7.11 Å². The first-order valence-corrected chi connectivity index (χ1v) is 5.50. The molecule has 0 amide bonds. The molecule has 3 aromatic rings. The molecule has 0 aliphatic heterocycles. The van der Waals surface area contributed by atoms with Crippen LogP contribution in [0.5, 0.6) is 11.5 Å². The lowest BCUT2D eigenvalue weighted by molar-refractivity contribution is 0.112. The van der Waals surface area contributed by atoms with E-state index in [0.717, 1.165) is 28.1 Å². The number of methoxy groups -OCH3 is 1. The molecule has 0 saturated carbocycles. The summed E-state index contributed by atoms with van der Waals surface area (Å²) in [7, 11) is 1.56. The standard InChI is InChI=1S/C14H11NO3/c1-18-13-5-8(7-16)4-11-10-6-9(17)2-3-12(10)15-14(11)13/h2-7,15,17H,1H3. The Hall–Kier alpha value is -2.49. The molecule has 18 heavy (non-hydrogen) atoms. The van der Waals surface area contributed by atoms with Crippen molar-refractivity contribution in [3.05, 3.63) is 35.9 Å². The van der Waals surface area contributed by atoms with Gasteiger partial charge in [0.2, 0.25) is 0 Å². The fraction of sp³-hybridized carbons (Fsp3) is 0.0714. The van der Waals surface area contributed by atoms with Crippen molar-refractivity contribution in [2.45, 2.75) is 0 Å². The highest BCUT2D eigenvalue weighted by Gasteiger charge is 2.11. The number of aromatic nitrogens is 1. The van der Waals surface area contributed by atoms with Gasteiger partial charge >= 0.3 is 0 Å². The maximum Gasteiger partial charge on any atom is 0.150 e. The monoisotopic (exact) mass is 241 g/mol. The molecule has 0 aliphatic carbocycles. The molecule has 0 fully saturated rings. The molecular weight excluding hydrogens is 230 g/mol. The van der Waals surface area contributed by atoms with Crippen LogP contribution in [0.4, 0.5) is 0 Å². The van der Waals surface area contributed by atoms with Gasteiger partial charge in [0, 0.05) is 21.9 Å². The summed E-state index contributed by atoms with van der Waals surface area (Å²) in [5, 5.41) is 11.3. The van der Waals surface area contributed by atoms with Crippen LogP contribution in [0.1, 0.15) is 10.4 Å². The van der Waals surface area contributed by atoms with E-state index in [1.165, 1.54) is 0 Å². The van der Waals surface area contributed by atoms with E-state index in [0.29, 0.717) is 11.3 Å². The van der Waals surface area contributed by atoms with Gasteiger partial charge in [0.05, 0.1) is 12.6 Å². The zero-order chi connectivity index (χ0) is 12.7. The normalized spacial score (nSPS) is 10.9. The van der Waals surface area contributed by atoms with Gasteiger partial charge in [0.15, 0.2) is 0 Å². The maximum absolute atomic E-state index is 10.9. The Morgan fingerprint density at radius 2 is 2.06 bits per heavy atom. The Labute approximate surface area is 103 Å². The topological polar surface area (TPSA) is 62.3 Å². The van der Waals surface area contributed by atoms with E-state index in [1.54, 1.807) is 37.4 Å². The molecule has 1 aromatic heterocycles. The summed E-state index contributed by atoms with van der Waals surface area (Å²) in [6.07, 6.45) is 0.781. The highest BCUT2D eigenvalue weighted by Crippen LogP contribution is 2.34. The first-order chi connectivity index (χ1) is 8.72. The average molecular weight is 241 g/mol. The van der Waals surface area contributed by atoms with E-state index in [2.05, 4.69) is 4.98 Å². The van der Waals surface area contributed by atoms with E-state index in [9.17, 15) is 9.90 Å². The highest BCUT2D eigenvalue weighted by molar-refractivity contribution is 6.11. The summed E-state index contributed by atoms with van der Waals surface area (Å²) in [5.74, 6) is 0.809. The van der Waals surface area contributed by atoms with E-state index in [1.807, 2.05) is 0 Å². The number of ether oxygens (including phenoxy) is 1. The Morgan fingerprint density at radius 3 is 2.78 bits per heavy atom. The van der Waals surface area contributed by atoms with Crippen LogP contribution in [-0.4, -0.2) is 23.5 Å². The summed E-state index contributed by atoms with van der Waals surface area (Å²) < 4.78 is 5.28. The number of rotatable bonds is 2. The van der Waals surface area contributed by atoms with Crippen LogP contribution in [0.3, 0.4) is 0 Å². The molecule has 3 rings (SSSR count). The summed E-state index contributed by atoms with van der Waals surface area (Å²) >= 11 is 0. The number of phenolic OH excluding ortho intramolecular Hbond substituents is 1. The molecule has 0 atom stereocenters. The molecule has 0 aliphatic rings. The molecule has 1 heterocycles. The van der Waals surface area contributed by atoms with Crippen LogP contribution in [0.2, 0.25) is 0 Å². The molecule has 0 radical (unpaired) electrons. The minimum Gasteiger partial charge on any atom is -0.508 e. The second-order valence-electron chi connectivity index (χ2n) is 4.12. The van der Waals surface area contributed by atoms with Crippen molar-refractivity contribution in [1.29, 1.82) is 0 Å². The summed E-state index contributed by atoms with van der Waals surface area (Å²) in [6, 6.07) is 8.55. The predicted octanol–water partition coefficient (Wildman–Crippen LogP) is 2.85. The van der Waals surface area contributed by atoms with Gasteiger partial charge in [-0.3, -0.25) is 4.79 Å². The molecule has 90 valence electrons. The summed E-state index contributed by atoms with van der Waals surface area (Å²) in [5.41, 5.74) is 2.26. The van der Waals surface area contributed by atoms with E-state index in [-0.39, 0.29) is 5.75 Å². The molecule has 0 saturated heterocycles. The van der Waals surface area contributed by atoms with E-state index in [4.69, 9.17) is 4.74 Å². The van der Waals surface area contributed by atoms with Crippen LogP contribution >= 0.6 is 0 Å². The van der Waals surface area contributed by atoms with Gasteiger partial charge in [-0.2, -0.15) is 0 Å². The first kappa shape index (κ1) is 10.7. The third-order valence-electron chi connectivity index (χ3n) is 3.03. The lowest BCUT2D eigenvalue weighted by Gasteiger charge is -2.02. The second kappa shape index (κ2) is 3.77. The maximum atomic E-state index is 10.9. The van der Waals surface area contributed by atoms with Crippen LogP contribution in [0.25, 0.3) is 21.8 Å². The number of H-pyrrole nitrogens is 1. The molecule has 4 heteroatoms. The van der Waals surface area contributed by atoms with E-state index < -0.39 is 0 Å². The van der Waals surface area contributed by atoms with Crippen molar-refractivity contribution >= 4 is 28.1 Å². The number of hydrogen-bond donors (Lipinski definition) is 2. The van der Waals surface area contributed by atoms with Gasteiger partial charge in [-0.1, -0.05) is 0 Å². The zero-order valence-electron chi connectivity index (χ0n) is 9.73. The smallest absolute Gasteiger partial charge is 0.150 e. The number of aromatic hydroxyl groups is 1. The number of benzene rings is 2. The quantitative estimate of drug-likeness (QED) is 0.678. The number of carbonyl (C=O) groups excluding carboxylic acids is 1. The van der Waals surface area contributed by atoms with Gasteiger partial charge in [-0.05, 0) is 30.3 Å². The Balaban J connectivity index is 2.50. The van der Waals surface area contributed by atoms with Crippen molar-refractivity contribution in [3.8, 4) is 11.5 Å². The number of hydrogen-bond acceptors (Lipinski definition) is 3. The number of carbonyl (C=O) groups is 1. The number of nitrogens with one attached hydrogen (secondary N) is 1. The van der Waals surface area contributed by atoms with Crippen LogP contribution in [0.15, 0.2) is 30.3 Å². The number of aromatic amines is 1. The minimum atomic E-state index is 0.193.